The molecular weight excluding hydrogens is 292 g/mol. The molecule has 0 spiro atoms. The summed E-state index contributed by atoms with van der Waals surface area (Å²) >= 11 is 0. The molecule has 4 heteroatoms. The number of ether oxygens (including phenoxy) is 3. The van der Waals surface area contributed by atoms with Crippen LogP contribution in [0.1, 0.15) is 38.5 Å². The molecule has 4 nitrogen and oxygen atoms in total. The Morgan fingerprint density at radius 2 is 1.91 bits per heavy atom. The number of hydrogen-bond acceptors (Lipinski definition) is 4. The summed E-state index contributed by atoms with van der Waals surface area (Å²) < 4.78 is 17.3. The number of unbranched alkanes of at least 4 members (excludes halogenated alkanes) is 2. The molecule has 1 aromatic rings. The summed E-state index contributed by atoms with van der Waals surface area (Å²) in [6.45, 7) is 5.31. The Bertz CT molecular complexity index is 440. The van der Waals surface area contributed by atoms with Gasteiger partial charge < -0.3 is 19.3 Å². The maximum absolute atomic E-state index is 10.1. The van der Waals surface area contributed by atoms with Gasteiger partial charge in [0.05, 0.1) is 19.3 Å². The monoisotopic (exact) mass is 320 g/mol. The first-order valence-corrected chi connectivity index (χ1v) is 8.49. The van der Waals surface area contributed by atoms with Crippen LogP contribution in [0.2, 0.25) is 0 Å². The Hall–Kier alpha value is -1.36. The van der Waals surface area contributed by atoms with Gasteiger partial charge in [-0.3, -0.25) is 0 Å². The summed E-state index contributed by atoms with van der Waals surface area (Å²) in [5.74, 6) is 0.258. The number of benzene rings is 1. The van der Waals surface area contributed by atoms with Gasteiger partial charge in [0, 0.05) is 12.8 Å². The largest absolute Gasteiger partial charge is 0.491 e. The van der Waals surface area contributed by atoms with Crippen molar-refractivity contribution in [3.05, 3.63) is 43.0 Å². The molecule has 128 valence electrons. The second-order valence-electron chi connectivity index (χ2n) is 5.96. The molecule has 1 aliphatic heterocycles. The highest BCUT2D eigenvalue weighted by molar-refractivity contribution is 5.20. The van der Waals surface area contributed by atoms with Crippen molar-refractivity contribution in [2.24, 2.45) is 0 Å². The van der Waals surface area contributed by atoms with Crippen LogP contribution in [0.15, 0.2) is 43.0 Å². The van der Waals surface area contributed by atoms with Gasteiger partial charge in [0.15, 0.2) is 5.79 Å². The molecule has 0 amide bonds. The summed E-state index contributed by atoms with van der Waals surface area (Å²) in [7, 11) is 0. The highest BCUT2D eigenvalue weighted by Crippen LogP contribution is 2.31. The van der Waals surface area contributed by atoms with Gasteiger partial charge in [-0.25, -0.2) is 0 Å². The molecule has 1 aromatic carbocycles. The number of para-hydroxylation sites is 1. The van der Waals surface area contributed by atoms with Crippen molar-refractivity contribution in [2.45, 2.75) is 50.4 Å². The Kier molecular flexibility index (Phi) is 7.59. The first kappa shape index (κ1) is 18.0. The van der Waals surface area contributed by atoms with Crippen LogP contribution in [0, 0.1) is 0 Å². The highest BCUT2D eigenvalue weighted by atomic mass is 16.7. The zero-order valence-corrected chi connectivity index (χ0v) is 13.8. The van der Waals surface area contributed by atoms with Crippen LogP contribution >= 0.6 is 0 Å². The van der Waals surface area contributed by atoms with Crippen LogP contribution in [-0.2, 0) is 9.47 Å². The van der Waals surface area contributed by atoms with Crippen molar-refractivity contribution >= 4 is 0 Å². The van der Waals surface area contributed by atoms with Crippen LogP contribution < -0.4 is 4.74 Å². The second-order valence-corrected chi connectivity index (χ2v) is 5.96. The van der Waals surface area contributed by atoms with Gasteiger partial charge in [-0.15, -0.1) is 6.58 Å². The smallest absolute Gasteiger partial charge is 0.168 e. The minimum atomic E-state index is -0.520. The highest BCUT2D eigenvalue weighted by Gasteiger charge is 2.36. The minimum absolute atomic E-state index is 0.288. The van der Waals surface area contributed by atoms with Gasteiger partial charge in [0.1, 0.15) is 12.4 Å². The van der Waals surface area contributed by atoms with Crippen LogP contribution in [0.3, 0.4) is 0 Å². The molecule has 1 aliphatic rings. The standard InChI is InChI=1S/C19H28O4/c1-2-3-4-8-12-19(22-14-15-23-19)13-11-17(20)16-21-18-9-6-5-7-10-18/h2,5-7,9-10,17,20H,1,3-4,8,11-16H2. The van der Waals surface area contributed by atoms with E-state index in [1.165, 1.54) is 0 Å². The van der Waals surface area contributed by atoms with Crippen molar-refractivity contribution in [2.75, 3.05) is 19.8 Å². The van der Waals surface area contributed by atoms with E-state index >= 15 is 0 Å². The van der Waals surface area contributed by atoms with Crippen molar-refractivity contribution in [1.29, 1.82) is 0 Å². The van der Waals surface area contributed by atoms with Gasteiger partial charge >= 0.3 is 0 Å². The summed E-state index contributed by atoms with van der Waals surface area (Å²) in [6.07, 6.45) is 6.74. The number of hydrogen-bond donors (Lipinski definition) is 1. The fourth-order valence-electron chi connectivity index (χ4n) is 2.77. The van der Waals surface area contributed by atoms with E-state index in [0.717, 1.165) is 31.4 Å². The summed E-state index contributed by atoms with van der Waals surface area (Å²) in [5.41, 5.74) is 0. The van der Waals surface area contributed by atoms with Crippen molar-refractivity contribution in [3.63, 3.8) is 0 Å². The van der Waals surface area contributed by atoms with Crippen LogP contribution in [-0.4, -0.2) is 36.8 Å². The first-order valence-electron chi connectivity index (χ1n) is 8.49. The van der Waals surface area contributed by atoms with Crippen LogP contribution in [0.4, 0.5) is 0 Å². The molecule has 0 bridgehead atoms. The second kappa shape index (κ2) is 9.71. The van der Waals surface area contributed by atoms with E-state index in [2.05, 4.69) is 6.58 Å². The van der Waals surface area contributed by atoms with Gasteiger partial charge in [0.25, 0.3) is 0 Å². The van der Waals surface area contributed by atoms with E-state index in [4.69, 9.17) is 14.2 Å². The molecule has 0 radical (unpaired) electrons. The zero-order chi connectivity index (χ0) is 16.4. The fourth-order valence-corrected chi connectivity index (χ4v) is 2.77. The van der Waals surface area contributed by atoms with Crippen molar-refractivity contribution in [1.82, 2.24) is 0 Å². The number of aliphatic hydroxyl groups excluding tert-OH is 1. The number of rotatable bonds is 11. The number of allylic oxidation sites excluding steroid dienone is 1. The van der Waals surface area contributed by atoms with Gasteiger partial charge in [-0.1, -0.05) is 24.3 Å². The number of aliphatic hydroxyl groups is 1. The molecule has 1 fully saturated rings. The lowest BCUT2D eigenvalue weighted by Crippen LogP contribution is -2.32. The molecule has 2 rings (SSSR count). The molecule has 23 heavy (non-hydrogen) atoms. The summed E-state index contributed by atoms with van der Waals surface area (Å²) in [6, 6.07) is 9.54. The van der Waals surface area contributed by atoms with E-state index in [9.17, 15) is 5.11 Å². The van der Waals surface area contributed by atoms with Gasteiger partial charge in [-0.2, -0.15) is 0 Å². The predicted octanol–water partition coefficient (Wildman–Crippen LogP) is 3.70. The Balaban J connectivity index is 1.71. The van der Waals surface area contributed by atoms with E-state index in [-0.39, 0.29) is 6.61 Å². The lowest BCUT2D eigenvalue weighted by molar-refractivity contribution is -0.172. The fraction of sp³-hybridized carbons (Fsp3) is 0.579. The molecule has 1 unspecified atom stereocenters. The van der Waals surface area contributed by atoms with E-state index in [1.54, 1.807) is 0 Å². The molecule has 1 atom stereocenters. The van der Waals surface area contributed by atoms with E-state index < -0.39 is 11.9 Å². The third kappa shape index (κ3) is 6.34. The van der Waals surface area contributed by atoms with Gasteiger partial charge in [0.2, 0.25) is 0 Å². The topological polar surface area (TPSA) is 47.9 Å². The van der Waals surface area contributed by atoms with Crippen molar-refractivity contribution in [3.8, 4) is 5.75 Å². The predicted molar refractivity (Wildman–Crippen MR) is 90.5 cm³/mol. The van der Waals surface area contributed by atoms with E-state index in [1.807, 2.05) is 36.4 Å². The minimum Gasteiger partial charge on any atom is -0.491 e. The molecular formula is C19H28O4. The first-order chi connectivity index (χ1) is 11.2. The third-order valence-corrected chi connectivity index (χ3v) is 4.07. The molecule has 0 aliphatic carbocycles. The Morgan fingerprint density at radius 3 is 2.61 bits per heavy atom. The van der Waals surface area contributed by atoms with E-state index in [0.29, 0.717) is 26.1 Å². The molecule has 1 heterocycles. The maximum Gasteiger partial charge on any atom is 0.168 e. The Morgan fingerprint density at radius 1 is 1.17 bits per heavy atom. The Labute approximate surface area is 139 Å². The third-order valence-electron chi connectivity index (χ3n) is 4.07. The zero-order valence-electron chi connectivity index (χ0n) is 13.8. The molecule has 0 saturated carbocycles. The maximum atomic E-state index is 10.1. The summed E-state index contributed by atoms with van der Waals surface area (Å²) in [5, 5.41) is 10.1. The average Bonchev–Trinajstić information content (AvgIpc) is 3.05. The lowest BCUT2D eigenvalue weighted by atomic mass is 10.0. The van der Waals surface area contributed by atoms with Crippen LogP contribution in [0.25, 0.3) is 0 Å². The molecule has 1 saturated heterocycles. The quantitative estimate of drug-likeness (QED) is 0.499. The molecule has 0 aromatic heterocycles. The van der Waals surface area contributed by atoms with Crippen LogP contribution in [0.5, 0.6) is 5.75 Å². The average molecular weight is 320 g/mol. The normalized spacial score (nSPS) is 17.8. The van der Waals surface area contributed by atoms with Crippen molar-refractivity contribution < 1.29 is 19.3 Å². The van der Waals surface area contributed by atoms with Gasteiger partial charge in [-0.05, 0) is 37.8 Å². The molecule has 1 N–H and O–H groups in total. The lowest BCUT2D eigenvalue weighted by Gasteiger charge is -2.28. The SMILES string of the molecule is C=CCCCCC1(CCC(O)COc2ccccc2)OCCO1. The summed E-state index contributed by atoms with van der Waals surface area (Å²) in [4.78, 5) is 0.